The zero-order valence-corrected chi connectivity index (χ0v) is 26.2. The lowest BCUT2D eigenvalue weighted by molar-refractivity contribution is -0.140. The van der Waals surface area contributed by atoms with E-state index in [4.69, 9.17) is 10.5 Å². The molecule has 1 aromatic heterocycles. The van der Waals surface area contributed by atoms with Crippen LogP contribution in [0.25, 0.3) is 11.0 Å². The third-order valence-electron chi connectivity index (χ3n) is 9.17. The third-order valence-corrected chi connectivity index (χ3v) is 9.17. The Balaban J connectivity index is 1.25. The second kappa shape index (κ2) is 13.8. The Morgan fingerprint density at radius 3 is 2.57 bits per heavy atom. The molecule has 5 rings (SSSR count). The molecule has 3 amide bonds. The normalized spacial score (nSPS) is 20.8. The average molecular weight is 604 g/mol. The summed E-state index contributed by atoms with van der Waals surface area (Å²) in [6, 6.07) is 12.4. The molecule has 0 unspecified atom stereocenters. The van der Waals surface area contributed by atoms with Gasteiger partial charge in [-0.3, -0.25) is 14.4 Å². The number of nitrogens with zero attached hydrogens (tertiary/aromatic N) is 5. The number of aromatic nitrogens is 3. The van der Waals surface area contributed by atoms with Crippen molar-refractivity contribution in [2.45, 2.75) is 77.0 Å². The maximum Gasteiger partial charge on any atom is 0.243 e. The van der Waals surface area contributed by atoms with E-state index in [0.717, 1.165) is 53.7 Å². The Morgan fingerprint density at radius 2 is 1.84 bits per heavy atom. The van der Waals surface area contributed by atoms with Crippen LogP contribution in [0.2, 0.25) is 0 Å². The fourth-order valence-electron chi connectivity index (χ4n) is 6.72. The highest BCUT2D eigenvalue weighted by Gasteiger charge is 2.41. The van der Waals surface area contributed by atoms with Gasteiger partial charge in [-0.1, -0.05) is 37.3 Å². The summed E-state index contributed by atoms with van der Waals surface area (Å²) in [6.45, 7) is 5.77. The van der Waals surface area contributed by atoms with Crippen molar-refractivity contribution in [2.24, 2.45) is 24.6 Å². The number of rotatable bonds is 11. The van der Waals surface area contributed by atoms with Gasteiger partial charge in [0.2, 0.25) is 17.7 Å². The van der Waals surface area contributed by atoms with Crippen molar-refractivity contribution in [2.75, 3.05) is 20.2 Å². The molecule has 4 atom stereocenters. The fourth-order valence-corrected chi connectivity index (χ4v) is 6.72. The number of likely N-dealkylation sites (tertiary alicyclic amines) is 2. The molecular formula is C33H45N7O4. The van der Waals surface area contributed by atoms with Gasteiger partial charge in [-0.25, -0.2) is 4.68 Å². The number of hydrogen-bond acceptors (Lipinski definition) is 7. The average Bonchev–Trinajstić information content (AvgIpc) is 3.77. The first-order valence-corrected chi connectivity index (χ1v) is 15.7. The van der Waals surface area contributed by atoms with Crippen LogP contribution < -0.4 is 15.8 Å². The number of nitrogens with one attached hydrogen (secondary N) is 1. The molecule has 0 radical (unpaired) electrons. The Kier molecular flexibility index (Phi) is 9.83. The number of amides is 3. The van der Waals surface area contributed by atoms with Crippen molar-refractivity contribution >= 4 is 28.8 Å². The molecule has 2 fully saturated rings. The van der Waals surface area contributed by atoms with Crippen molar-refractivity contribution in [3.63, 3.8) is 0 Å². The molecule has 2 aromatic carbocycles. The maximum atomic E-state index is 13.7. The van der Waals surface area contributed by atoms with Crippen molar-refractivity contribution in [3.8, 4) is 5.75 Å². The Labute approximate surface area is 259 Å². The summed E-state index contributed by atoms with van der Waals surface area (Å²) in [4.78, 5) is 44.0. The number of methoxy groups -OCH3 is 1. The van der Waals surface area contributed by atoms with E-state index in [2.05, 4.69) is 29.5 Å². The van der Waals surface area contributed by atoms with Gasteiger partial charge in [0.15, 0.2) is 0 Å². The molecule has 2 aliphatic rings. The molecular weight excluding hydrogens is 558 g/mol. The molecule has 0 bridgehead atoms. The number of carbonyl (C=O) groups excluding carboxylic acids is 3. The fraction of sp³-hybridized carbons (Fsp3) is 0.545. The predicted octanol–water partition coefficient (Wildman–Crippen LogP) is 2.81. The third kappa shape index (κ3) is 7.04. The van der Waals surface area contributed by atoms with Crippen molar-refractivity contribution in [3.05, 3.63) is 53.6 Å². The van der Waals surface area contributed by atoms with Gasteiger partial charge >= 0.3 is 0 Å². The number of nitrogens with two attached hydrogens (primary N) is 1. The van der Waals surface area contributed by atoms with Crippen LogP contribution in [-0.4, -0.2) is 80.8 Å². The summed E-state index contributed by atoms with van der Waals surface area (Å²) in [7, 11) is 3.47. The Bertz CT molecular complexity index is 1470. The van der Waals surface area contributed by atoms with Gasteiger partial charge in [0.25, 0.3) is 0 Å². The van der Waals surface area contributed by atoms with Gasteiger partial charge in [0.1, 0.15) is 17.3 Å². The molecule has 44 heavy (non-hydrogen) atoms. The lowest BCUT2D eigenvalue weighted by atomic mass is 9.96. The SMILES string of the molecule is COc1ccc(C[C@@H]2C[C@@H](C(=O)NCc3ccc4c(c3)nnn4C)N(C(=O)[C@H](N)CCC(=O)N3CCC[C@H]3C(C)C)C2)cc1. The molecule has 3 N–H and O–H groups in total. The Hall–Kier alpha value is -3.99. The molecule has 0 spiro atoms. The summed E-state index contributed by atoms with van der Waals surface area (Å²) in [6.07, 6.45) is 3.75. The van der Waals surface area contributed by atoms with Crippen molar-refractivity contribution < 1.29 is 19.1 Å². The van der Waals surface area contributed by atoms with Crippen LogP contribution in [0.3, 0.4) is 0 Å². The molecule has 0 saturated carbocycles. The van der Waals surface area contributed by atoms with Gasteiger partial charge in [0.05, 0.1) is 18.7 Å². The molecule has 2 aliphatic heterocycles. The largest absolute Gasteiger partial charge is 0.497 e. The summed E-state index contributed by atoms with van der Waals surface area (Å²) >= 11 is 0. The van der Waals surface area contributed by atoms with Gasteiger partial charge in [-0.2, -0.15) is 0 Å². The Morgan fingerprint density at radius 1 is 1.09 bits per heavy atom. The minimum Gasteiger partial charge on any atom is -0.497 e. The number of fused-ring (bicyclic) bond motifs is 1. The van der Waals surface area contributed by atoms with Crippen LogP contribution in [0, 0.1) is 11.8 Å². The van der Waals surface area contributed by atoms with Crippen LogP contribution in [0.5, 0.6) is 5.75 Å². The zero-order chi connectivity index (χ0) is 31.4. The number of hydrogen-bond donors (Lipinski definition) is 2. The highest BCUT2D eigenvalue weighted by molar-refractivity contribution is 5.91. The highest BCUT2D eigenvalue weighted by Crippen LogP contribution is 2.29. The van der Waals surface area contributed by atoms with Crippen LogP contribution in [-0.2, 0) is 34.4 Å². The number of carbonyl (C=O) groups is 3. The zero-order valence-electron chi connectivity index (χ0n) is 26.2. The summed E-state index contributed by atoms with van der Waals surface area (Å²) in [5.74, 6) is 0.823. The van der Waals surface area contributed by atoms with Crippen LogP contribution in [0.1, 0.15) is 57.1 Å². The van der Waals surface area contributed by atoms with E-state index < -0.39 is 12.1 Å². The predicted molar refractivity (Wildman–Crippen MR) is 167 cm³/mol. The number of ether oxygens (including phenoxy) is 1. The standard InChI is InChI=1S/C33H45N7O4/c1-21(2)28-6-5-15-39(28)31(41)14-12-26(34)33(43)40-20-24(16-22-7-10-25(44-4)11-8-22)18-30(40)32(42)35-19-23-9-13-29-27(17-23)36-37-38(29)3/h7-11,13,17,21,24,26,28,30H,5-6,12,14-16,18-20,34H2,1-4H3,(H,35,42)/t24-,26-,28+,30+/m1/s1. The summed E-state index contributed by atoms with van der Waals surface area (Å²) < 4.78 is 6.99. The van der Waals surface area contributed by atoms with E-state index in [1.54, 1.807) is 16.7 Å². The van der Waals surface area contributed by atoms with Crippen molar-refractivity contribution in [1.82, 2.24) is 30.1 Å². The summed E-state index contributed by atoms with van der Waals surface area (Å²) in [5, 5.41) is 11.2. The van der Waals surface area contributed by atoms with E-state index in [1.165, 1.54) is 0 Å². The smallest absolute Gasteiger partial charge is 0.243 e. The maximum absolute atomic E-state index is 13.7. The molecule has 3 aromatic rings. The van der Waals surface area contributed by atoms with E-state index in [9.17, 15) is 14.4 Å². The van der Waals surface area contributed by atoms with Crippen molar-refractivity contribution in [1.29, 1.82) is 0 Å². The van der Waals surface area contributed by atoms with Gasteiger partial charge in [-0.15, -0.1) is 5.10 Å². The van der Waals surface area contributed by atoms with Gasteiger partial charge < -0.3 is 25.6 Å². The lowest BCUT2D eigenvalue weighted by Gasteiger charge is -2.29. The first-order valence-electron chi connectivity index (χ1n) is 15.7. The minimum atomic E-state index is -0.854. The molecule has 0 aliphatic carbocycles. The molecule has 3 heterocycles. The van der Waals surface area contributed by atoms with E-state index in [1.807, 2.05) is 54.4 Å². The van der Waals surface area contributed by atoms with E-state index in [-0.39, 0.29) is 42.5 Å². The minimum absolute atomic E-state index is 0.0534. The van der Waals surface area contributed by atoms with E-state index in [0.29, 0.717) is 25.4 Å². The van der Waals surface area contributed by atoms with Gasteiger partial charge in [0, 0.05) is 39.1 Å². The lowest BCUT2D eigenvalue weighted by Crippen LogP contribution is -2.51. The van der Waals surface area contributed by atoms with Gasteiger partial charge in [-0.05, 0) is 79.3 Å². The molecule has 2 saturated heterocycles. The van der Waals surface area contributed by atoms with Crippen LogP contribution in [0.15, 0.2) is 42.5 Å². The molecule has 11 nitrogen and oxygen atoms in total. The second-order valence-corrected chi connectivity index (χ2v) is 12.6. The van der Waals surface area contributed by atoms with Crippen LogP contribution in [0.4, 0.5) is 0 Å². The first kappa shape index (κ1) is 31.4. The van der Waals surface area contributed by atoms with Crippen LogP contribution >= 0.6 is 0 Å². The summed E-state index contributed by atoms with van der Waals surface area (Å²) in [5.41, 5.74) is 10.1. The van der Waals surface area contributed by atoms with E-state index >= 15 is 0 Å². The molecule has 236 valence electrons. The number of benzene rings is 2. The second-order valence-electron chi connectivity index (χ2n) is 12.6. The highest BCUT2D eigenvalue weighted by atomic mass is 16.5. The monoisotopic (exact) mass is 603 g/mol. The quantitative estimate of drug-likeness (QED) is 0.344. The topological polar surface area (TPSA) is 136 Å². The number of aryl methyl sites for hydroxylation is 1. The first-order chi connectivity index (χ1) is 21.1. The molecule has 11 heteroatoms.